The Kier molecular flexibility index (Phi) is 4.30. The summed E-state index contributed by atoms with van der Waals surface area (Å²) in [5, 5.41) is 6.01. The highest BCUT2D eigenvalue weighted by Crippen LogP contribution is 2.32. The van der Waals surface area contributed by atoms with Crippen LogP contribution in [0.3, 0.4) is 0 Å². The Morgan fingerprint density at radius 3 is 2.41 bits per heavy atom. The molecule has 0 radical (unpaired) electrons. The van der Waals surface area contributed by atoms with Crippen molar-refractivity contribution in [2.45, 2.75) is 24.9 Å². The summed E-state index contributed by atoms with van der Waals surface area (Å²) in [6.45, 7) is 0.940. The predicted octanol–water partition coefficient (Wildman–Crippen LogP) is 2.68. The van der Waals surface area contributed by atoms with Gasteiger partial charge in [0.05, 0.1) is 17.7 Å². The number of anilines is 1. The minimum atomic E-state index is -1.05. The van der Waals surface area contributed by atoms with Crippen molar-refractivity contribution in [1.82, 2.24) is 10.2 Å². The fourth-order valence-electron chi connectivity index (χ4n) is 3.68. The van der Waals surface area contributed by atoms with Crippen LogP contribution in [0.4, 0.5) is 14.5 Å². The summed E-state index contributed by atoms with van der Waals surface area (Å²) < 4.78 is 27.0. The molecule has 4 rings (SSSR count). The number of benzene rings is 2. The van der Waals surface area contributed by atoms with Crippen LogP contribution in [0.1, 0.15) is 28.8 Å². The van der Waals surface area contributed by atoms with Crippen molar-refractivity contribution in [1.29, 1.82) is 0 Å². The number of carbonyl (C=O) groups excluding carboxylic acids is 2. The van der Waals surface area contributed by atoms with Crippen LogP contribution >= 0.6 is 0 Å². The van der Waals surface area contributed by atoms with Crippen molar-refractivity contribution < 1.29 is 18.4 Å². The standard InChI is InChI=1S/C20H19F2N3O2/c21-15-11-14-17(12-16(15)22)23-20(24-19(14)27)6-8-25(9-7-20)18(26)10-13-4-2-1-3-5-13/h1-5,11-12,23H,6-10H2,(H,24,27). The molecule has 0 atom stereocenters. The van der Waals surface area contributed by atoms with E-state index in [1.165, 1.54) is 0 Å². The average Bonchev–Trinajstić information content (AvgIpc) is 2.65. The van der Waals surface area contributed by atoms with Gasteiger partial charge in [-0.05, 0) is 11.6 Å². The van der Waals surface area contributed by atoms with E-state index in [0.29, 0.717) is 32.4 Å². The van der Waals surface area contributed by atoms with Crippen molar-refractivity contribution in [3.63, 3.8) is 0 Å². The van der Waals surface area contributed by atoms with Crippen molar-refractivity contribution in [3.8, 4) is 0 Å². The number of hydrogen-bond acceptors (Lipinski definition) is 3. The molecule has 2 amide bonds. The zero-order valence-corrected chi connectivity index (χ0v) is 14.6. The highest BCUT2D eigenvalue weighted by atomic mass is 19.2. The van der Waals surface area contributed by atoms with Crippen LogP contribution in [0.25, 0.3) is 0 Å². The third-order valence-electron chi connectivity index (χ3n) is 5.20. The van der Waals surface area contributed by atoms with E-state index in [4.69, 9.17) is 0 Å². The second-order valence-electron chi connectivity index (χ2n) is 7.02. The van der Waals surface area contributed by atoms with E-state index < -0.39 is 23.2 Å². The third-order valence-corrected chi connectivity index (χ3v) is 5.20. The first kappa shape index (κ1) is 17.5. The molecule has 0 aliphatic carbocycles. The molecule has 2 aliphatic heterocycles. The number of piperidine rings is 1. The first-order valence-electron chi connectivity index (χ1n) is 8.87. The molecule has 2 aromatic carbocycles. The minimum Gasteiger partial charge on any atom is -0.362 e. The van der Waals surface area contributed by atoms with E-state index in [2.05, 4.69) is 10.6 Å². The summed E-state index contributed by atoms with van der Waals surface area (Å²) in [6.07, 6.45) is 1.30. The number of likely N-dealkylation sites (tertiary alicyclic amines) is 1. The maximum absolute atomic E-state index is 13.6. The highest BCUT2D eigenvalue weighted by molar-refractivity contribution is 6.02. The molecule has 2 aliphatic rings. The van der Waals surface area contributed by atoms with Gasteiger partial charge in [0, 0.05) is 32.0 Å². The van der Waals surface area contributed by atoms with Crippen LogP contribution in [0, 0.1) is 11.6 Å². The van der Waals surface area contributed by atoms with Gasteiger partial charge < -0.3 is 15.5 Å². The van der Waals surface area contributed by atoms with Crippen LogP contribution in [-0.4, -0.2) is 35.5 Å². The zero-order valence-electron chi connectivity index (χ0n) is 14.6. The van der Waals surface area contributed by atoms with Gasteiger partial charge in [-0.25, -0.2) is 8.78 Å². The van der Waals surface area contributed by atoms with Gasteiger partial charge in [0.25, 0.3) is 5.91 Å². The molecule has 0 bridgehead atoms. The Labute approximate surface area is 155 Å². The fraction of sp³-hybridized carbons (Fsp3) is 0.300. The van der Waals surface area contributed by atoms with Gasteiger partial charge in [0.15, 0.2) is 11.6 Å². The summed E-state index contributed by atoms with van der Waals surface area (Å²) in [5.41, 5.74) is 0.569. The summed E-state index contributed by atoms with van der Waals surface area (Å²) in [4.78, 5) is 26.6. The molecular formula is C20H19F2N3O2. The molecule has 1 fully saturated rings. The first-order valence-corrected chi connectivity index (χ1v) is 8.87. The molecule has 1 spiro atoms. The molecule has 7 heteroatoms. The summed E-state index contributed by atoms with van der Waals surface area (Å²) >= 11 is 0. The van der Waals surface area contributed by atoms with Gasteiger partial charge in [0.1, 0.15) is 5.66 Å². The van der Waals surface area contributed by atoms with Crippen molar-refractivity contribution in [2.24, 2.45) is 0 Å². The van der Waals surface area contributed by atoms with E-state index >= 15 is 0 Å². The average molecular weight is 371 g/mol. The molecule has 5 nitrogen and oxygen atoms in total. The molecule has 0 aromatic heterocycles. The van der Waals surface area contributed by atoms with E-state index in [0.717, 1.165) is 17.7 Å². The number of amides is 2. The molecule has 140 valence electrons. The third kappa shape index (κ3) is 3.37. The number of rotatable bonds is 2. The normalized spacial score (nSPS) is 17.9. The molecule has 1 saturated heterocycles. The molecule has 2 aromatic rings. The topological polar surface area (TPSA) is 61.4 Å². The maximum atomic E-state index is 13.6. The molecule has 27 heavy (non-hydrogen) atoms. The quantitative estimate of drug-likeness (QED) is 0.853. The number of fused-ring (bicyclic) bond motifs is 1. The lowest BCUT2D eigenvalue weighted by molar-refractivity contribution is -0.132. The Balaban J connectivity index is 1.45. The van der Waals surface area contributed by atoms with Crippen LogP contribution in [0.5, 0.6) is 0 Å². The lowest BCUT2D eigenvalue weighted by atomic mass is 9.92. The Morgan fingerprint density at radius 1 is 1.04 bits per heavy atom. The van der Waals surface area contributed by atoms with Crippen molar-refractivity contribution in [2.75, 3.05) is 18.4 Å². The minimum absolute atomic E-state index is 0.0340. The number of hydrogen-bond donors (Lipinski definition) is 2. The first-order chi connectivity index (χ1) is 13.0. The fourth-order valence-corrected chi connectivity index (χ4v) is 3.68. The molecular weight excluding hydrogens is 352 g/mol. The van der Waals surface area contributed by atoms with Crippen molar-refractivity contribution in [3.05, 3.63) is 65.2 Å². The molecule has 0 saturated carbocycles. The van der Waals surface area contributed by atoms with E-state index in [1.807, 2.05) is 30.3 Å². The summed E-state index contributed by atoms with van der Waals surface area (Å²) in [6, 6.07) is 11.4. The molecule has 2 N–H and O–H groups in total. The van der Waals surface area contributed by atoms with Gasteiger partial charge in [-0.2, -0.15) is 0 Å². The van der Waals surface area contributed by atoms with Gasteiger partial charge >= 0.3 is 0 Å². The van der Waals surface area contributed by atoms with Crippen LogP contribution in [-0.2, 0) is 11.2 Å². The second-order valence-corrected chi connectivity index (χ2v) is 7.02. The largest absolute Gasteiger partial charge is 0.362 e. The number of carbonyl (C=O) groups is 2. The summed E-state index contributed by atoms with van der Waals surface area (Å²) in [7, 11) is 0. The number of halogens is 2. The second kappa shape index (κ2) is 6.64. The smallest absolute Gasteiger partial charge is 0.255 e. The van der Waals surface area contributed by atoms with E-state index in [-0.39, 0.29) is 17.2 Å². The Bertz CT molecular complexity index is 894. The molecule has 0 unspecified atom stereocenters. The number of nitrogens with one attached hydrogen (secondary N) is 2. The van der Waals surface area contributed by atoms with E-state index in [9.17, 15) is 18.4 Å². The predicted molar refractivity (Wildman–Crippen MR) is 96.1 cm³/mol. The van der Waals surface area contributed by atoms with Crippen LogP contribution < -0.4 is 10.6 Å². The lowest BCUT2D eigenvalue weighted by Gasteiger charge is -2.46. The van der Waals surface area contributed by atoms with E-state index in [1.54, 1.807) is 4.90 Å². The monoisotopic (exact) mass is 371 g/mol. The lowest BCUT2D eigenvalue weighted by Crippen LogP contribution is -2.62. The zero-order chi connectivity index (χ0) is 19.0. The Hall–Kier alpha value is -2.96. The maximum Gasteiger partial charge on any atom is 0.255 e. The summed E-state index contributed by atoms with van der Waals surface area (Å²) in [5.74, 6) is -2.46. The van der Waals surface area contributed by atoms with Crippen LogP contribution in [0.15, 0.2) is 42.5 Å². The highest BCUT2D eigenvalue weighted by Gasteiger charge is 2.41. The molecule has 2 heterocycles. The van der Waals surface area contributed by atoms with Gasteiger partial charge in [-0.15, -0.1) is 0 Å². The SMILES string of the molecule is O=C1NC2(CCN(C(=O)Cc3ccccc3)CC2)Nc2cc(F)c(F)cc21. The van der Waals surface area contributed by atoms with Crippen LogP contribution in [0.2, 0.25) is 0 Å². The van der Waals surface area contributed by atoms with Gasteiger partial charge in [-0.3, -0.25) is 9.59 Å². The van der Waals surface area contributed by atoms with Crippen molar-refractivity contribution >= 4 is 17.5 Å². The van der Waals surface area contributed by atoms with Gasteiger partial charge in [-0.1, -0.05) is 30.3 Å². The number of nitrogens with zero attached hydrogens (tertiary/aromatic N) is 1. The Morgan fingerprint density at radius 2 is 1.70 bits per heavy atom. The van der Waals surface area contributed by atoms with Gasteiger partial charge in [0.2, 0.25) is 5.91 Å².